The number of benzene rings is 2. The van der Waals surface area contributed by atoms with E-state index in [2.05, 4.69) is 14.9 Å². The van der Waals surface area contributed by atoms with Gasteiger partial charge in [0.15, 0.2) is 0 Å². The molecule has 1 aromatic heterocycles. The van der Waals surface area contributed by atoms with Crippen molar-refractivity contribution in [3.8, 4) is 0 Å². The van der Waals surface area contributed by atoms with E-state index in [1.165, 1.54) is 0 Å². The van der Waals surface area contributed by atoms with Gasteiger partial charge in [0.2, 0.25) is 5.82 Å². The van der Waals surface area contributed by atoms with Gasteiger partial charge in [-0.05, 0) is 42.8 Å². The van der Waals surface area contributed by atoms with E-state index >= 15 is 0 Å². The number of hydrogen-bond donors (Lipinski definition) is 0. The average Bonchev–Trinajstić information content (AvgIpc) is 3.33. The molecule has 1 amide bonds. The van der Waals surface area contributed by atoms with Crippen LogP contribution in [0.5, 0.6) is 0 Å². The maximum atomic E-state index is 13.4. The highest BCUT2D eigenvalue weighted by Gasteiger charge is 2.37. The highest BCUT2D eigenvalue weighted by Crippen LogP contribution is 2.33. The Bertz CT molecular complexity index is 1200. The predicted octanol–water partition coefficient (Wildman–Crippen LogP) is 4.34. The second kappa shape index (κ2) is 9.03. The number of fused-ring (bicyclic) bond motifs is 1. The molecule has 0 radical (unpaired) electrons. The fourth-order valence-electron chi connectivity index (χ4n) is 4.73. The van der Waals surface area contributed by atoms with Gasteiger partial charge in [0, 0.05) is 61.3 Å². The van der Waals surface area contributed by atoms with Crippen LogP contribution in [-0.2, 0) is 6.18 Å². The van der Waals surface area contributed by atoms with Crippen LogP contribution in [-0.4, -0.2) is 71.0 Å². The molecule has 2 aromatic carbocycles. The summed E-state index contributed by atoms with van der Waals surface area (Å²) in [7, 11) is 0. The zero-order valence-electron chi connectivity index (χ0n) is 18.3. The number of rotatable bonds is 3. The molecule has 2 saturated heterocycles. The molecule has 0 bridgehead atoms. The van der Waals surface area contributed by atoms with Crippen LogP contribution >= 0.6 is 11.6 Å². The number of amides is 1. The highest BCUT2D eigenvalue weighted by atomic mass is 35.5. The molecule has 2 fully saturated rings. The van der Waals surface area contributed by atoms with Crippen LogP contribution in [0, 0.1) is 0 Å². The summed E-state index contributed by atoms with van der Waals surface area (Å²) >= 11 is 5.91. The second-order valence-electron chi connectivity index (χ2n) is 8.61. The average molecular weight is 490 g/mol. The van der Waals surface area contributed by atoms with E-state index in [1.54, 1.807) is 48.5 Å². The van der Waals surface area contributed by atoms with Gasteiger partial charge in [0.05, 0.1) is 5.52 Å². The Kier molecular flexibility index (Phi) is 6.07. The molecule has 3 heterocycles. The monoisotopic (exact) mass is 489 g/mol. The summed E-state index contributed by atoms with van der Waals surface area (Å²) in [5.74, 6) is -0.799. The summed E-state index contributed by atoms with van der Waals surface area (Å²) in [4.78, 5) is 26.5. The van der Waals surface area contributed by atoms with Crippen molar-refractivity contribution in [1.29, 1.82) is 0 Å². The van der Waals surface area contributed by atoms with Crippen molar-refractivity contribution in [3.63, 3.8) is 0 Å². The third-order valence-corrected chi connectivity index (χ3v) is 6.76. The topological polar surface area (TPSA) is 52.6 Å². The summed E-state index contributed by atoms with van der Waals surface area (Å²) in [6, 6.07) is 13.9. The fraction of sp³-hybridized carbons (Fsp3) is 0.375. The molecule has 34 heavy (non-hydrogen) atoms. The zero-order chi connectivity index (χ0) is 23.9. The van der Waals surface area contributed by atoms with Crippen molar-refractivity contribution in [2.45, 2.75) is 18.6 Å². The molecular weight excluding hydrogens is 467 g/mol. The maximum Gasteiger partial charge on any atom is 0.451 e. The van der Waals surface area contributed by atoms with Crippen LogP contribution in [0.1, 0.15) is 22.6 Å². The largest absolute Gasteiger partial charge is 0.451 e. The predicted molar refractivity (Wildman–Crippen MR) is 124 cm³/mol. The molecule has 5 rings (SSSR count). The lowest BCUT2D eigenvalue weighted by Crippen LogP contribution is -2.52. The van der Waals surface area contributed by atoms with E-state index in [-0.39, 0.29) is 17.5 Å². The van der Waals surface area contributed by atoms with E-state index in [9.17, 15) is 18.0 Å². The molecule has 0 saturated carbocycles. The van der Waals surface area contributed by atoms with Gasteiger partial charge in [-0.3, -0.25) is 9.69 Å². The Morgan fingerprint density at radius 3 is 2.35 bits per heavy atom. The van der Waals surface area contributed by atoms with Gasteiger partial charge in [-0.15, -0.1) is 0 Å². The van der Waals surface area contributed by atoms with Crippen LogP contribution in [0.3, 0.4) is 0 Å². The SMILES string of the molecule is O=C(c1ccc(Cl)cc1)N1CCN([C@H]2CCN(c3nc(C(F)(F)F)nc4ccccc34)C2)CC1. The van der Waals surface area contributed by atoms with Gasteiger partial charge in [-0.2, -0.15) is 13.2 Å². The van der Waals surface area contributed by atoms with E-state index in [0.717, 1.165) is 19.5 Å². The Labute approximate surface area is 199 Å². The molecule has 2 aliphatic heterocycles. The summed E-state index contributed by atoms with van der Waals surface area (Å²) < 4.78 is 40.2. The molecule has 0 N–H and O–H groups in total. The summed E-state index contributed by atoms with van der Waals surface area (Å²) in [5, 5.41) is 1.21. The van der Waals surface area contributed by atoms with Crippen molar-refractivity contribution in [2.75, 3.05) is 44.2 Å². The molecule has 10 heteroatoms. The lowest BCUT2D eigenvalue weighted by atomic mass is 10.1. The van der Waals surface area contributed by atoms with Gasteiger partial charge in [-0.1, -0.05) is 23.7 Å². The first kappa shape index (κ1) is 22.9. The van der Waals surface area contributed by atoms with Crippen molar-refractivity contribution in [1.82, 2.24) is 19.8 Å². The quantitative estimate of drug-likeness (QED) is 0.548. The minimum absolute atomic E-state index is 0.0171. The van der Waals surface area contributed by atoms with Crippen molar-refractivity contribution in [3.05, 3.63) is 64.9 Å². The third kappa shape index (κ3) is 4.54. The first-order chi connectivity index (χ1) is 16.3. The number of carbonyl (C=O) groups is 1. The number of halogens is 4. The Hall–Kier alpha value is -2.91. The van der Waals surface area contributed by atoms with Gasteiger partial charge in [0.1, 0.15) is 5.82 Å². The summed E-state index contributed by atoms with van der Waals surface area (Å²) in [6.07, 6.45) is -3.78. The van der Waals surface area contributed by atoms with Crippen LogP contribution in [0.25, 0.3) is 10.9 Å². The Morgan fingerprint density at radius 2 is 1.65 bits per heavy atom. The Balaban J connectivity index is 1.27. The molecule has 2 aliphatic rings. The van der Waals surface area contributed by atoms with Gasteiger partial charge < -0.3 is 9.80 Å². The van der Waals surface area contributed by atoms with E-state index in [0.29, 0.717) is 48.0 Å². The first-order valence-electron chi connectivity index (χ1n) is 11.2. The Morgan fingerprint density at radius 1 is 0.941 bits per heavy atom. The number of anilines is 1. The molecule has 0 unspecified atom stereocenters. The van der Waals surface area contributed by atoms with Crippen molar-refractivity contribution >= 4 is 34.2 Å². The number of nitrogens with zero attached hydrogens (tertiary/aromatic N) is 5. The van der Waals surface area contributed by atoms with Crippen LogP contribution < -0.4 is 4.90 Å². The van der Waals surface area contributed by atoms with Gasteiger partial charge >= 0.3 is 6.18 Å². The van der Waals surface area contributed by atoms with E-state index in [4.69, 9.17) is 11.6 Å². The maximum absolute atomic E-state index is 13.4. The second-order valence-corrected chi connectivity index (χ2v) is 9.05. The molecule has 178 valence electrons. The lowest BCUT2D eigenvalue weighted by Gasteiger charge is -2.38. The number of piperazine rings is 1. The number of aromatic nitrogens is 2. The highest BCUT2D eigenvalue weighted by molar-refractivity contribution is 6.30. The molecular formula is C24H23ClF3N5O. The van der Waals surface area contributed by atoms with Crippen molar-refractivity contribution < 1.29 is 18.0 Å². The summed E-state index contributed by atoms with van der Waals surface area (Å²) in [5.41, 5.74) is 0.901. The van der Waals surface area contributed by atoms with Crippen LogP contribution in [0.2, 0.25) is 5.02 Å². The summed E-state index contributed by atoms with van der Waals surface area (Å²) in [6.45, 7) is 3.85. The minimum Gasteiger partial charge on any atom is -0.354 e. The molecule has 0 aliphatic carbocycles. The van der Waals surface area contributed by atoms with Gasteiger partial charge in [-0.25, -0.2) is 9.97 Å². The van der Waals surface area contributed by atoms with E-state index in [1.807, 2.05) is 9.80 Å². The molecule has 1 atom stereocenters. The lowest BCUT2D eigenvalue weighted by molar-refractivity contribution is -0.144. The standard InChI is InChI=1S/C24H23ClF3N5O/c25-17-7-5-16(6-8-17)22(34)32-13-11-31(12-14-32)18-9-10-33(15-18)21-19-3-1-2-4-20(19)29-23(30-21)24(26,27)28/h1-8,18H,9-15H2/t18-/m0/s1. The smallest absolute Gasteiger partial charge is 0.354 e. The first-order valence-corrected chi connectivity index (χ1v) is 11.6. The fourth-order valence-corrected chi connectivity index (χ4v) is 4.85. The third-order valence-electron chi connectivity index (χ3n) is 6.51. The van der Waals surface area contributed by atoms with Crippen LogP contribution in [0.4, 0.5) is 19.0 Å². The number of hydrogen-bond acceptors (Lipinski definition) is 5. The van der Waals surface area contributed by atoms with Crippen molar-refractivity contribution in [2.24, 2.45) is 0 Å². The van der Waals surface area contributed by atoms with Gasteiger partial charge in [0.25, 0.3) is 5.91 Å². The molecule has 0 spiro atoms. The number of alkyl halides is 3. The molecule has 6 nitrogen and oxygen atoms in total. The van der Waals surface area contributed by atoms with E-state index < -0.39 is 12.0 Å². The van der Waals surface area contributed by atoms with Crippen LogP contribution in [0.15, 0.2) is 48.5 Å². The number of carbonyl (C=O) groups excluding carboxylic acids is 1. The molecule has 3 aromatic rings. The zero-order valence-corrected chi connectivity index (χ0v) is 19.1. The normalized spacial score (nSPS) is 19.7. The number of para-hydroxylation sites is 1. The minimum atomic E-state index is -4.61.